The third kappa shape index (κ3) is 4.79. The van der Waals surface area contributed by atoms with E-state index >= 15 is 0 Å². The molecule has 1 N–H and O–H groups in total. The Morgan fingerprint density at radius 2 is 2.00 bits per heavy atom. The maximum Gasteiger partial charge on any atom is 0.278 e. The summed E-state index contributed by atoms with van der Waals surface area (Å²) in [6.45, 7) is 0.379. The zero-order valence-electron chi connectivity index (χ0n) is 12.7. The molecule has 3 rings (SSSR count). The standard InChI is InChI=1S/C17H15N3O3S/c21-16(12-22-15-2-1-7-18-11-15)20-10-13-3-5-14(6-4-13)23-17-19-8-9-24-17/h1-9,11H,10,12H2,(H,20,21). The number of thiazole rings is 1. The molecular formula is C17H15N3O3S. The van der Waals surface area contributed by atoms with Crippen molar-refractivity contribution in [1.82, 2.24) is 15.3 Å². The molecule has 0 aliphatic heterocycles. The minimum absolute atomic E-state index is 0.0447. The minimum Gasteiger partial charge on any atom is -0.482 e. The first kappa shape index (κ1) is 15.9. The molecule has 6 nitrogen and oxygen atoms in total. The summed E-state index contributed by atoms with van der Waals surface area (Å²) in [6, 6.07) is 11.0. The van der Waals surface area contributed by atoms with Gasteiger partial charge < -0.3 is 14.8 Å². The summed E-state index contributed by atoms with van der Waals surface area (Å²) >= 11 is 1.43. The largest absolute Gasteiger partial charge is 0.482 e. The number of hydrogen-bond acceptors (Lipinski definition) is 6. The van der Waals surface area contributed by atoms with Gasteiger partial charge in [0.05, 0.1) is 6.20 Å². The van der Waals surface area contributed by atoms with Gasteiger partial charge in [0.25, 0.3) is 11.1 Å². The molecule has 24 heavy (non-hydrogen) atoms. The van der Waals surface area contributed by atoms with Crippen LogP contribution >= 0.6 is 11.3 Å². The summed E-state index contributed by atoms with van der Waals surface area (Å²) in [5.41, 5.74) is 0.969. The highest BCUT2D eigenvalue weighted by atomic mass is 32.1. The second-order valence-electron chi connectivity index (χ2n) is 4.80. The molecule has 3 aromatic rings. The average molecular weight is 341 g/mol. The normalized spacial score (nSPS) is 10.2. The van der Waals surface area contributed by atoms with E-state index in [2.05, 4.69) is 15.3 Å². The first-order valence-corrected chi connectivity index (χ1v) is 8.13. The fourth-order valence-electron chi connectivity index (χ4n) is 1.87. The fraction of sp³-hybridized carbons (Fsp3) is 0.118. The van der Waals surface area contributed by atoms with Crippen molar-refractivity contribution < 1.29 is 14.3 Å². The van der Waals surface area contributed by atoms with Crippen molar-refractivity contribution in [2.75, 3.05) is 6.61 Å². The highest BCUT2D eigenvalue weighted by molar-refractivity contribution is 7.11. The minimum atomic E-state index is -0.193. The molecule has 0 bridgehead atoms. The molecule has 2 heterocycles. The van der Waals surface area contributed by atoms with E-state index in [0.29, 0.717) is 23.2 Å². The van der Waals surface area contributed by atoms with Gasteiger partial charge in [-0.3, -0.25) is 9.78 Å². The number of rotatable bonds is 7. The molecule has 0 aliphatic rings. The number of nitrogens with one attached hydrogen (secondary N) is 1. The monoisotopic (exact) mass is 341 g/mol. The van der Waals surface area contributed by atoms with Gasteiger partial charge in [-0.25, -0.2) is 4.98 Å². The van der Waals surface area contributed by atoms with Crippen molar-refractivity contribution >= 4 is 17.2 Å². The topological polar surface area (TPSA) is 73.3 Å². The van der Waals surface area contributed by atoms with E-state index in [-0.39, 0.29) is 12.5 Å². The van der Waals surface area contributed by atoms with E-state index in [0.717, 1.165) is 5.56 Å². The van der Waals surface area contributed by atoms with Crippen LogP contribution in [-0.2, 0) is 11.3 Å². The summed E-state index contributed by atoms with van der Waals surface area (Å²) in [5.74, 6) is 1.08. The second kappa shape index (κ2) is 8.07. The van der Waals surface area contributed by atoms with Gasteiger partial charge in [0, 0.05) is 24.3 Å². The Labute approximate surface area is 143 Å². The van der Waals surface area contributed by atoms with E-state index in [1.807, 2.05) is 29.6 Å². The lowest BCUT2D eigenvalue weighted by atomic mass is 10.2. The number of carbonyl (C=O) groups is 1. The number of hydrogen-bond donors (Lipinski definition) is 1. The number of pyridine rings is 1. The molecule has 1 amide bonds. The van der Waals surface area contributed by atoms with Crippen LogP contribution in [0.2, 0.25) is 0 Å². The molecule has 7 heteroatoms. The highest BCUT2D eigenvalue weighted by Gasteiger charge is 2.04. The number of benzene rings is 1. The van der Waals surface area contributed by atoms with Crippen LogP contribution in [0.15, 0.2) is 60.4 Å². The molecule has 0 saturated heterocycles. The van der Waals surface area contributed by atoms with Gasteiger partial charge in [-0.1, -0.05) is 23.5 Å². The van der Waals surface area contributed by atoms with E-state index in [1.165, 1.54) is 11.3 Å². The van der Waals surface area contributed by atoms with Crippen LogP contribution in [0.5, 0.6) is 16.7 Å². The molecule has 2 aromatic heterocycles. The Morgan fingerprint density at radius 1 is 1.12 bits per heavy atom. The van der Waals surface area contributed by atoms with Crippen LogP contribution in [0.3, 0.4) is 0 Å². The summed E-state index contributed by atoms with van der Waals surface area (Å²) in [6.07, 6.45) is 4.90. The van der Waals surface area contributed by atoms with Crippen LogP contribution in [0.4, 0.5) is 0 Å². The lowest BCUT2D eigenvalue weighted by molar-refractivity contribution is -0.123. The van der Waals surface area contributed by atoms with E-state index in [9.17, 15) is 4.79 Å². The van der Waals surface area contributed by atoms with E-state index < -0.39 is 0 Å². The van der Waals surface area contributed by atoms with Crippen LogP contribution in [0, 0.1) is 0 Å². The lowest BCUT2D eigenvalue weighted by Crippen LogP contribution is -2.28. The van der Waals surface area contributed by atoms with Crippen molar-refractivity contribution in [2.24, 2.45) is 0 Å². The van der Waals surface area contributed by atoms with E-state index in [1.54, 1.807) is 30.7 Å². The number of nitrogens with zero attached hydrogens (tertiary/aromatic N) is 2. The molecular weight excluding hydrogens is 326 g/mol. The zero-order valence-corrected chi connectivity index (χ0v) is 13.5. The Balaban J connectivity index is 1.43. The molecule has 0 aliphatic carbocycles. The van der Waals surface area contributed by atoms with Crippen molar-refractivity contribution in [3.63, 3.8) is 0 Å². The van der Waals surface area contributed by atoms with Gasteiger partial charge in [-0.05, 0) is 29.8 Å². The molecule has 0 saturated carbocycles. The number of carbonyl (C=O) groups excluding carboxylic acids is 1. The average Bonchev–Trinajstić information content (AvgIpc) is 3.13. The Morgan fingerprint density at radius 3 is 2.71 bits per heavy atom. The number of amides is 1. The predicted molar refractivity (Wildman–Crippen MR) is 90.2 cm³/mol. The summed E-state index contributed by atoms with van der Waals surface area (Å²) in [7, 11) is 0. The van der Waals surface area contributed by atoms with Crippen molar-refractivity contribution in [3.8, 4) is 16.7 Å². The third-order valence-electron chi connectivity index (χ3n) is 3.03. The number of aromatic nitrogens is 2. The molecule has 0 fully saturated rings. The summed E-state index contributed by atoms with van der Waals surface area (Å²) in [4.78, 5) is 19.8. The van der Waals surface area contributed by atoms with Gasteiger partial charge >= 0.3 is 0 Å². The van der Waals surface area contributed by atoms with Crippen molar-refractivity contribution in [2.45, 2.75) is 6.54 Å². The first-order chi connectivity index (χ1) is 11.8. The van der Waals surface area contributed by atoms with Crippen LogP contribution < -0.4 is 14.8 Å². The third-order valence-corrected chi connectivity index (χ3v) is 3.68. The SMILES string of the molecule is O=C(COc1cccnc1)NCc1ccc(Oc2nccs2)cc1. The van der Waals surface area contributed by atoms with Gasteiger partial charge in [0.1, 0.15) is 11.5 Å². The van der Waals surface area contributed by atoms with Gasteiger partial charge in [-0.15, -0.1) is 0 Å². The van der Waals surface area contributed by atoms with Gasteiger partial charge in [0.2, 0.25) is 0 Å². The summed E-state index contributed by atoms with van der Waals surface area (Å²) in [5, 5.41) is 5.25. The van der Waals surface area contributed by atoms with Crippen LogP contribution in [0.25, 0.3) is 0 Å². The Kier molecular flexibility index (Phi) is 5.36. The maximum atomic E-state index is 11.8. The predicted octanol–water partition coefficient (Wildman–Crippen LogP) is 3.03. The first-order valence-electron chi connectivity index (χ1n) is 7.25. The molecule has 0 unspecified atom stereocenters. The van der Waals surface area contributed by atoms with E-state index in [4.69, 9.17) is 9.47 Å². The maximum absolute atomic E-state index is 11.8. The lowest BCUT2D eigenvalue weighted by Gasteiger charge is -2.08. The zero-order chi connectivity index (χ0) is 16.6. The summed E-state index contributed by atoms with van der Waals surface area (Å²) < 4.78 is 10.9. The number of ether oxygens (including phenoxy) is 2. The van der Waals surface area contributed by atoms with Crippen LogP contribution in [-0.4, -0.2) is 22.5 Å². The highest BCUT2D eigenvalue weighted by Crippen LogP contribution is 2.23. The quantitative estimate of drug-likeness (QED) is 0.715. The smallest absolute Gasteiger partial charge is 0.278 e. The van der Waals surface area contributed by atoms with Crippen molar-refractivity contribution in [1.29, 1.82) is 0 Å². The molecule has 122 valence electrons. The fourth-order valence-corrected chi connectivity index (χ4v) is 2.37. The molecule has 1 aromatic carbocycles. The van der Waals surface area contributed by atoms with Gasteiger partial charge in [-0.2, -0.15) is 0 Å². The van der Waals surface area contributed by atoms with Crippen molar-refractivity contribution in [3.05, 3.63) is 65.9 Å². The molecule has 0 atom stereocenters. The van der Waals surface area contributed by atoms with Gasteiger partial charge in [0.15, 0.2) is 6.61 Å². The second-order valence-corrected chi connectivity index (χ2v) is 5.66. The molecule has 0 radical (unpaired) electrons. The molecule has 0 spiro atoms. The Hall–Kier alpha value is -2.93. The Bertz CT molecular complexity index is 762. The van der Waals surface area contributed by atoms with Crippen LogP contribution in [0.1, 0.15) is 5.56 Å².